The van der Waals surface area contributed by atoms with E-state index in [1.54, 1.807) is 0 Å². The Bertz CT molecular complexity index is 467. The Kier molecular flexibility index (Phi) is 4.63. The molecule has 0 unspecified atom stereocenters. The van der Waals surface area contributed by atoms with Crippen molar-refractivity contribution in [2.75, 3.05) is 27.2 Å². The van der Waals surface area contributed by atoms with E-state index < -0.39 is 0 Å². The van der Waals surface area contributed by atoms with Crippen molar-refractivity contribution in [2.45, 2.75) is 25.8 Å². The number of hydrogen-bond donors (Lipinski definition) is 0. The molecule has 0 aromatic heterocycles. The minimum Gasteiger partial charge on any atom is -0.339 e. The Morgan fingerprint density at radius 1 is 1.37 bits per heavy atom. The second kappa shape index (κ2) is 6.06. The van der Waals surface area contributed by atoms with Gasteiger partial charge in [0.1, 0.15) is 0 Å². The molecule has 1 aromatic rings. The predicted molar refractivity (Wildman–Crippen MR) is 81.5 cm³/mol. The molecule has 0 bridgehead atoms. The molecule has 0 aliphatic carbocycles. The Balaban J connectivity index is 2.13. The van der Waals surface area contributed by atoms with Crippen LogP contribution in [-0.2, 0) is 0 Å². The Hall–Kier alpha value is -0.870. The van der Waals surface area contributed by atoms with Gasteiger partial charge in [-0.3, -0.25) is 4.79 Å². The van der Waals surface area contributed by atoms with Crippen LogP contribution in [0.1, 0.15) is 28.8 Å². The third kappa shape index (κ3) is 3.18. The van der Waals surface area contributed by atoms with E-state index in [0.717, 1.165) is 41.5 Å². The lowest BCUT2D eigenvalue weighted by Gasteiger charge is -2.35. The summed E-state index contributed by atoms with van der Waals surface area (Å²) in [5.41, 5.74) is 1.82. The summed E-state index contributed by atoms with van der Waals surface area (Å²) in [6, 6.07) is 6.17. The smallest absolute Gasteiger partial charge is 0.254 e. The predicted octanol–water partition coefficient (Wildman–Crippen LogP) is 2.92. The maximum atomic E-state index is 12.6. The summed E-state index contributed by atoms with van der Waals surface area (Å²) in [7, 11) is 4.06. The normalized spacial score (nSPS) is 17.5. The first kappa shape index (κ1) is 14.5. The first-order valence-corrected chi connectivity index (χ1v) is 7.51. The van der Waals surface area contributed by atoms with Gasteiger partial charge in [0, 0.05) is 23.1 Å². The highest BCUT2D eigenvalue weighted by atomic mass is 79.9. The minimum atomic E-state index is 0.133. The van der Waals surface area contributed by atoms with Crippen LogP contribution in [-0.4, -0.2) is 48.9 Å². The third-order valence-corrected chi connectivity index (χ3v) is 4.91. The molecule has 19 heavy (non-hydrogen) atoms. The molecular formula is C15H21BrN2O. The fourth-order valence-corrected chi connectivity index (χ4v) is 2.94. The van der Waals surface area contributed by atoms with Crippen molar-refractivity contribution >= 4 is 21.8 Å². The number of benzene rings is 1. The molecule has 4 heteroatoms. The zero-order chi connectivity index (χ0) is 14.0. The summed E-state index contributed by atoms with van der Waals surface area (Å²) in [6.07, 6.45) is 2.12. The van der Waals surface area contributed by atoms with Gasteiger partial charge in [0.05, 0.1) is 0 Å². The van der Waals surface area contributed by atoms with E-state index in [2.05, 4.69) is 27.9 Å². The summed E-state index contributed by atoms with van der Waals surface area (Å²) < 4.78 is 0.995. The van der Waals surface area contributed by atoms with Gasteiger partial charge in [0.2, 0.25) is 0 Å². The van der Waals surface area contributed by atoms with Crippen LogP contribution in [0.4, 0.5) is 0 Å². The van der Waals surface area contributed by atoms with Gasteiger partial charge in [-0.1, -0.05) is 22.0 Å². The van der Waals surface area contributed by atoms with Crippen LogP contribution < -0.4 is 0 Å². The summed E-state index contributed by atoms with van der Waals surface area (Å²) in [5.74, 6) is 0.133. The topological polar surface area (TPSA) is 23.6 Å². The number of piperidine rings is 1. The van der Waals surface area contributed by atoms with Crippen molar-refractivity contribution < 1.29 is 4.79 Å². The van der Waals surface area contributed by atoms with Crippen molar-refractivity contribution in [1.29, 1.82) is 0 Å². The number of carbonyl (C=O) groups excluding carboxylic acids is 1. The van der Waals surface area contributed by atoms with Crippen molar-refractivity contribution in [3.8, 4) is 0 Å². The maximum absolute atomic E-state index is 12.6. The fourth-order valence-electron chi connectivity index (χ4n) is 2.58. The molecule has 0 spiro atoms. The average Bonchev–Trinajstić information content (AvgIpc) is 2.41. The van der Waals surface area contributed by atoms with Gasteiger partial charge in [-0.2, -0.15) is 0 Å². The number of halogens is 1. The highest BCUT2D eigenvalue weighted by molar-refractivity contribution is 9.10. The number of hydrogen-bond acceptors (Lipinski definition) is 2. The molecule has 2 rings (SSSR count). The SMILES string of the molecule is Cc1c(Br)cccc1C(=O)N(C)C1CCN(C)CC1. The standard InChI is InChI=1S/C15H21BrN2O/c1-11-13(5-4-6-14(11)16)15(19)18(3)12-7-9-17(2)10-8-12/h4-6,12H,7-10H2,1-3H3. The largest absolute Gasteiger partial charge is 0.339 e. The van der Waals surface area contributed by atoms with Crippen molar-refractivity contribution in [1.82, 2.24) is 9.80 Å². The number of rotatable bonds is 2. The summed E-state index contributed by atoms with van der Waals surface area (Å²) in [6.45, 7) is 4.12. The molecule has 104 valence electrons. The lowest BCUT2D eigenvalue weighted by Crippen LogP contribution is -2.44. The zero-order valence-electron chi connectivity index (χ0n) is 11.8. The molecule has 1 aliphatic rings. The number of amides is 1. The van der Waals surface area contributed by atoms with Crippen LogP contribution in [0.2, 0.25) is 0 Å². The number of nitrogens with zero attached hydrogens (tertiary/aromatic N) is 2. The van der Waals surface area contributed by atoms with Crippen LogP contribution in [0.25, 0.3) is 0 Å². The molecule has 0 saturated carbocycles. The molecule has 1 aliphatic heterocycles. The molecule has 1 heterocycles. The molecule has 1 saturated heterocycles. The van der Waals surface area contributed by atoms with E-state index in [-0.39, 0.29) is 5.91 Å². The molecule has 3 nitrogen and oxygen atoms in total. The molecule has 1 aromatic carbocycles. The Morgan fingerprint density at radius 3 is 2.63 bits per heavy atom. The first-order valence-electron chi connectivity index (χ1n) is 6.71. The second-order valence-corrected chi connectivity index (χ2v) is 6.22. The van der Waals surface area contributed by atoms with Crippen LogP contribution in [0.3, 0.4) is 0 Å². The van der Waals surface area contributed by atoms with E-state index in [1.165, 1.54) is 0 Å². The number of likely N-dealkylation sites (tertiary alicyclic amines) is 1. The van der Waals surface area contributed by atoms with Crippen LogP contribution in [0.5, 0.6) is 0 Å². The molecule has 0 atom stereocenters. The quantitative estimate of drug-likeness (QED) is 0.835. The van der Waals surface area contributed by atoms with Gasteiger partial charge in [0.15, 0.2) is 0 Å². The van der Waals surface area contributed by atoms with Gasteiger partial charge in [-0.25, -0.2) is 0 Å². The maximum Gasteiger partial charge on any atom is 0.254 e. The summed E-state index contributed by atoms with van der Waals surface area (Å²) >= 11 is 3.49. The van der Waals surface area contributed by atoms with Gasteiger partial charge in [0.25, 0.3) is 5.91 Å². The molecule has 1 amide bonds. The average molecular weight is 325 g/mol. The van der Waals surface area contributed by atoms with E-state index in [1.807, 2.05) is 37.1 Å². The van der Waals surface area contributed by atoms with Crippen molar-refractivity contribution in [3.63, 3.8) is 0 Å². The van der Waals surface area contributed by atoms with Crippen molar-refractivity contribution in [2.24, 2.45) is 0 Å². The first-order chi connectivity index (χ1) is 9.00. The van der Waals surface area contributed by atoms with Gasteiger partial charge in [-0.05, 0) is 57.6 Å². The van der Waals surface area contributed by atoms with E-state index in [0.29, 0.717) is 6.04 Å². The van der Waals surface area contributed by atoms with Crippen LogP contribution >= 0.6 is 15.9 Å². The molecular weight excluding hydrogens is 304 g/mol. The zero-order valence-corrected chi connectivity index (χ0v) is 13.4. The van der Waals surface area contributed by atoms with E-state index in [4.69, 9.17) is 0 Å². The Morgan fingerprint density at radius 2 is 2.00 bits per heavy atom. The van der Waals surface area contributed by atoms with Crippen molar-refractivity contribution in [3.05, 3.63) is 33.8 Å². The highest BCUT2D eigenvalue weighted by Crippen LogP contribution is 2.22. The lowest BCUT2D eigenvalue weighted by atomic mass is 10.0. The fraction of sp³-hybridized carbons (Fsp3) is 0.533. The lowest BCUT2D eigenvalue weighted by molar-refractivity contribution is 0.0659. The van der Waals surface area contributed by atoms with Gasteiger partial charge in [-0.15, -0.1) is 0 Å². The Labute approximate surface area is 123 Å². The molecule has 0 radical (unpaired) electrons. The summed E-state index contributed by atoms with van der Waals surface area (Å²) in [5, 5.41) is 0. The minimum absolute atomic E-state index is 0.133. The second-order valence-electron chi connectivity index (χ2n) is 5.36. The van der Waals surface area contributed by atoms with Gasteiger partial charge >= 0.3 is 0 Å². The number of carbonyl (C=O) groups is 1. The van der Waals surface area contributed by atoms with Gasteiger partial charge < -0.3 is 9.80 Å². The summed E-state index contributed by atoms with van der Waals surface area (Å²) in [4.78, 5) is 16.8. The van der Waals surface area contributed by atoms with Crippen LogP contribution in [0.15, 0.2) is 22.7 Å². The van der Waals surface area contributed by atoms with E-state index >= 15 is 0 Å². The van der Waals surface area contributed by atoms with E-state index in [9.17, 15) is 4.79 Å². The highest BCUT2D eigenvalue weighted by Gasteiger charge is 2.25. The molecule has 1 fully saturated rings. The monoisotopic (exact) mass is 324 g/mol. The molecule has 0 N–H and O–H groups in total. The van der Waals surface area contributed by atoms with Crippen LogP contribution in [0, 0.1) is 6.92 Å². The third-order valence-electron chi connectivity index (χ3n) is 4.05.